The van der Waals surface area contributed by atoms with Crippen LogP contribution < -0.4 is 15.2 Å². The third-order valence-corrected chi connectivity index (χ3v) is 7.42. The maximum absolute atomic E-state index is 13.3. The maximum atomic E-state index is 13.3. The van der Waals surface area contributed by atoms with Crippen molar-refractivity contribution in [3.8, 4) is 11.3 Å². The molecule has 10 heteroatoms. The van der Waals surface area contributed by atoms with Crippen molar-refractivity contribution in [2.45, 2.75) is 33.2 Å². The number of carbonyl (C=O) groups excluding carboxylic acids is 2. The summed E-state index contributed by atoms with van der Waals surface area (Å²) in [7, 11) is 0. The van der Waals surface area contributed by atoms with Crippen molar-refractivity contribution in [2.24, 2.45) is 5.92 Å². The molecule has 1 saturated heterocycles. The monoisotopic (exact) mass is 506 g/mol. The van der Waals surface area contributed by atoms with E-state index in [2.05, 4.69) is 43.0 Å². The molecule has 186 valence electrons. The Morgan fingerprint density at radius 3 is 2.92 bits per heavy atom. The van der Waals surface area contributed by atoms with Crippen LogP contribution in [0.4, 0.5) is 5.82 Å². The number of hydrogen-bond acceptors (Lipinski definition) is 8. The van der Waals surface area contributed by atoms with Crippen LogP contribution in [-0.4, -0.2) is 41.9 Å². The standard InChI is InChI=1S/C26H27N5O4S/c1-3-34-26(33)17-7-6-12-31(14-17)24-19(25(32)27-13-22-16(2)29-35-30-22)10-11-21(28-24)20-15-36-23-9-5-4-8-18(20)23/h4-5,8-11,15,17H,3,6-7,12-14H2,1-2H3,(H,27,32)/p+1. The lowest BCUT2D eigenvalue weighted by Gasteiger charge is -2.28. The second-order valence-corrected chi connectivity index (χ2v) is 9.71. The predicted octanol–water partition coefficient (Wildman–Crippen LogP) is 3.78. The van der Waals surface area contributed by atoms with E-state index in [1.807, 2.05) is 31.2 Å². The molecule has 0 aliphatic carbocycles. The summed E-state index contributed by atoms with van der Waals surface area (Å²) in [4.78, 5) is 31.4. The Hall–Kier alpha value is -3.79. The molecule has 36 heavy (non-hydrogen) atoms. The number of H-pyrrole nitrogens is 1. The molecule has 1 amide bonds. The minimum atomic E-state index is -0.247. The summed E-state index contributed by atoms with van der Waals surface area (Å²) in [5.41, 5.74) is 3.70. The number of fused-ring (bicyclic) bond motifs is 1. The highest BCUT2D eigenvalue weighted by Crippen LogP contribution is 2.33. The van der Waals surface area contributed by atoms with Crippen LogP contribution in [0, 0.1) is 12.8 Å². The third-order valence-electron chi connectivity index (χ3n) is 6.46. The molecule has 2 N–H and O–H groups in total. The first-order chi connectivity index (χ1) is 17.5. The first-order valence-electron chi connectivity index (χ1n) is 12.1. The van der Waals surface area contributed by atoms with Gasteiger partial charge in [0.1, 0.15) is 22.6 Å². The number of carbonyl (C=O) groups is 2. The first-order valence-corrected chi connectivity index (χ1v) is 12.9. The van der Waals surface area contributed by atoms with Crippen molar-refractivity contribution in [3.05, 3.63) is 58.7 Å². The van der Waals surface area contributed by atoms with E-state index < -0.39 is 0 Å². The van der Waals surface area contributed by atoms with Crippen molar-refractivity contribution >= 4 is 39.1 Å². The average Bonchev–Trinajstić information content (AvgIpc) is 3.53. The molecule has 3 aromatic heterocycles. The zero-order valence-corrected chi connectivity index (χ0v) is 21.1. The van der Waals surface area contributed by atoms with Crippen molar-refractivity contribution in [3.63, 3.8) is 0 Å². The molecule has 1 fully saturated rings. The van der Waals surface area contributed by atoms with Crippen LogP contribution in [0.5, 0.6) is 0 Å². The number of ether oxygens (including phenoxy) is 1. The number of hydrogen-bond donors (Lipinski definition) is 1. The van der Waals surface area contributed by atoms with Gasteiger partial charge in [-0.3, -0.25) is 14.5 Å². The van der Waals surface area contributed by atoms with Crippen LogP contribution in [0.15, 0.2) is 46.4 Å². The van der Waals surface area contributed by atoms with E-state index in [9.17, 15) is 9.59 Å². The van der Waals surface area contributed by atoms with Crippen molar-refractivity contribution in [2.75, 3.05) is 24.6 Å². The normalized spacial score (nSPS) is 15.7. The number of esters is 1. The van der Waals surface area contributed by atoms with Gasteiger partial charge in [0, 0.05) is 21.0 Å². The van der Waals surface area contributed by atoms with Gasteiger partial charge in [-0.05, 0) is 44.9 Å². The second-order valence-electron chi connectivity index (χ2n) is 8.80. The number of benzene rings is 1. The number of aromatic amines is 1. The van der Waals surface area contributed by atoms with Crippen LogP contribution in [0.3, 0.4) is 0 Å². The Bertz CT molecular complexity index is 1400. The van der Waals surface area contributed by atoms with E-state index in [0.717, 1.165) is 36.0 Å². The van der Waals surface area contributed by atoms with E-state index in [1.54, 1.807) is 18.3 Å². The molecule has 1 atom stereocenters. The number of amides is 1. The molecule has 0 saturated carbocycles. The summed E-state index contributed by atoms with van der Waals surface area (Å²) in [5, 5.41) is 13.8. The highest BCUT2D eigenvalue weighted by atomic mass is 32.1. The number of nitrogens with zero attached hydrogens (tertiary/aromatic N) is 3. The quantitative estimate of drug-likeness (QED) is 0.380. The molecule has 4 aromatic rings. The summed E-state index contributed by atoms with van der Waals surface area (Å²) >= 11 is 1.68. The predicted molar refractivity (Wildman–Crippen MR) is 136 cm³/mol. The molecule has 1 aliphatic heterocycles. The summed E-state index contributed by atoms with van der Waals surface area (Å²) in [6, 6.07) is 12.0. The second kappa shape index (κ2) is 10.4. The molecular formula is C26H28N5O4S+. The summed E-state index contributed by atoms with van der Waals surface area (Å²) in [6.45, 7) is 5.36. The summed E-state index contributed by atoms with van der Waals surface area (Å²) in [5.74, 6) is 0.00704. The highest BCUT2D eigenvalue weighted by Gasteiger charge is 2.35. The number of nitrogens with one attached hydrogen (secondary N) is 2. The van der Waals surface area contributed by atoms with Crippen LogP contribution in [0.2, 0.25) is 0 Å². The fourth-order valence-corrected chi connectivity index (χ4v) is 5.52. The van der Waals surface area contributed by atoms with Gasteiger partial charge in [0.2, 0.25) is 0 Å². The Morgan fingerprint density at radius 1 is 1.25 bits per heavy atom. The number of aromatic nitrogens is 3. The van der Waals surface area contributed by atoms with Gasteiger partial charge in [-0.2, -0.15) is 0 Å². The number of rotatable bonds is 7. The Morgan fingerprint density at radius 2 is 2.11 bits per heavy atom. The van der Waals surface area contributed by atoms with Gasteiger partial charge in [-0.1, -0.05) is 28.5 Å². The van der Waals surface area contributed by atoms with E-state index in [-0.39, 0.29) is 24.3 Å². The fraction of sp³-hybridized carbons (Fsp3) is 0.346. The summed E-state index contributed by atoms with van der Waals surface area (Å²) < 4.78 is 11.2. The molecule has 1 aliphatic rings. The van der Waals surface area contributed by atoms with Crippen LogP contribution in [0.1, 0.15) is 41.5 Å². The Labute approximate surface area is 212 Å². The van der Waals surface area contributed by atoms with E-state index in [4.69, 9.17) is 9.37 Å². The lowest BCUT2D eigenvalue weighted by atomic mass is 9.97. The molecule has 1 aromatic carbocycles. The third kappa shape index (κ3) is 4.81. The Kier molecular flexibility index (Phi) is 6.95. The topological polar surface area (TPSA) is 112 Å². The molecular weight excluding hydrogens is 478 g/mol. The first kappa shape index (κ1) is 23.9. The van der Waals surface area contributed by atoms with E-state index in [1.165, 1.54) is 4.70 Å². The molecule has 0 radical (unpaired) electrons. The number of pyridine rings is 1. The van der Waals surface area contributed by atoms with Gasteiger partial charge in [-0.25, -0.2) is 9.61 Å². The lowest BCUT2D eigenvalue weighted by Crippen LogP contribution is -2.43. The maximum Gasteiger partial charge on any atom is 0.312 e. The fourth-order valence-electron chi connectivity index (χ4n) is 4.56. The van der Waals surface area contributed by atoms with Gasteiger partial charge < -0.3 is 10.1 Å². The van der Waals surface area contributed by atoms with Crippen LogP contribution in [-0.2, 0) is 16.1 Å². The molecule has 0 spiro atoms. The minimum absolute atomic E-state index is 0.192. The van der Waals surface area contributed by atoms with Gasteiger partial charge >= 0.3 is 5.97 Å². The van der Waals surface area contributed by atoms with Gasteiger partial charge in [0.05, 0.1) is 32.2 Å². The van der Waals surface area contributed by atoms with Gasteiger partial charge in [-0.15, -0.1) is 11.3 Å². The van der Waals surface area contributed by atoms with Gasteiger partial charge in [0.25, 0.3) is 11.7 Å². The minimum Gasteiger partial charge on any atom is -0.466 e. The summed E-state index contributed by atoms with van der Waals surface area (Å²) in [6.07, 6.45) is 1.60. The Balaban J connectivity index is 1.49. The average molecular weight is 507 g/mol. The number of thiophene rings is 1. The zero-order chi connectivity index (χ0) is 25.1. The molecule has 1 unspecified atom stereocenters. The molecule has 5 rings (SSSR count). The SMILES string of the molecule is CCOC(=O)C1CCCN(c2[nH+]c(-c3csc4ccccc34)ccc2C(=O)NCc2nonc2C)C1. The van der Waals surface area contributed by atoms with Crippen LogP contribution >= 0.6 is 11.3 Å². The van der Waals surface area contributed by atoms with Gasteiger partial charge in [0.15, 0.2) is 0 Å². The van der Waals surface area contributed by atoms with Crippen molar-refractivity contribution in [1.29, 1.82) is 0 Å². The lowest BCUT2D eigenvalue weighted by molar-refractivity contribution is -0.351. The van der Waals surface area contributed by atoms with Crippen molar-refractivity contribution in [1.82, 2.24) is 15.6 Å². The van der Waals surface area contributed by atoms with E-state index >= 15 is 0 Å². The highest BCUT2D eigenvalue weighted by molar-refractivity contribution is 7.17. The van der Waals surface area contributed by atoms with E-state index in [0.29, 0.717) is 35.9 Å². The molecule has 9 nitrogen and oxygen atoms in total. The zero-order valence-electron chi connectivity index (χ0n) is 20.2. The number of piperidine rings is 1. The molecule has 0 bridgehead atoms. The van der Waals surface area contributed by atoms with Crippen LogP contribution in [0.25, 0.3) is 21.3 Å². The number of aryl methyl sites for hydroxylation is 1. The largest absolute Gasteiger partial charge is 0.466 e. The number of anilines is 1. The van der Waals surface area contributed by atoms with Crippen molar-refractivity contribution < 1.29 is 23.9 Å². The smallest absolute Gasteiger partial charge is 0.312 e. The molecule has 4 heterocycles.